The molecule has 0 aliphatic heterocycles. The fraction of sp³-hybridized carbons (Fsp3) is 0.333. The Morgan fingerprint density at radius 3 is 2.59 bits per heavy atom. The summed E-state index contributed by atoms with van der Waals surface area (Å²) in [5.41, 5.74) is 1.20. The first kappa shape index (κ1) is 23.8. The van der Waals surface area contributed by atoms with Gasteiger partial charge in [0.05, 0.1) is 18.8 Å². The zero-order chi connectivity index (χ0) is 20.0. The lowest BCUT2D eigenvalue weighted by molar-refractivity contribution is 0.0655. The van der Waals surface area contributed by atoms with Gasteiger partial charge in [0.15, 0.2) is 5.96 Å². The van der Waals surface area contributed by atoms with E-state index in [0.29, 0.717) is 19.0 Å². The monoisotopic (exact) mass is 542 g/mol. The van der Waals surface area contributed by atoms with Crippen LogP contribution >= 0.6 is 46.7 Å². The Hall–Kier alpha value is -1.49. The summed E-state index contributed by atoms with van der Waals surface area (Å²) in [5, 5.41) is 20.2. The number of nitrogens with one attached hydrogen (secondary N) is 2. The van der Waals surface area contributed by atoms with Crippen LogP contribution in [0.15, 0.2) is 52.8 Å². The number of aliphatic hydroxyl groups is 1. The maximum Gasteiger partial charge on any atom is 0.191 e. The van der Waals surface area contributed by atoms with Gasteiger partial charge in [-0.15, -0.1) is 46.7 Å². The van der Waals surface area contributed by atoms with Crippen molar-refractivity contribution in [2.75, 3.05) is 13.1 Å². The first-order valence-corrected chi connectivity index (χ1v) is 11.0. The molecule has 3 rings (SSSR count). The van der Waals surface area contributed by atoms with Gasteiger partial charge in [-0.25, -0.2) is 9.98 Å². The van der Waals surface area contributed by atoms with Crippen LogP contribution in [0.5, 0.6) is 0 Å². The molecule has 1 aromatic carbocycles. The molecule has 3 N–H and O–H groups in total. The summed E-state index contributed by atoms with van der Waals surface area (Å²) in [5.74, 6) is 0.688. The normalized spacial score (nSPS) is 13.4. The van der Waals surface area contributed by atoms with Crippen molar-refractivity contribution in [3.63, 3.8) is 0 Å². The molecule has 0 amide bonds. The lowest BCUT2D eigenvalue weighted by atomic mass is 10.1. The molecule has 0 aliphatic rings. The minimum absolute atomic E-state index is 0. The van der Waals surface area contributed by atoms with Crippen molar-refractivity contribution in [1.82, 2.24) is 15.6 Å². The van der Waals surface area contributed by atoms with Gasteiger partial charge in [0.1, 0.15) is 10.6 Å². The van der Waals surface area contributed by atoms with Gasteiger partial charge in [-0.3, -0.25) is 0 Å². The van der Waals surface area contributed by atoms with Gasteiger partial charge in [0.25, 0.3) is 0 Å². The van der Waals surface area contributed by atoms with E-state index in [9.17, 15) is 5.11 Å². The molecule has 2 aromatic heterocycles. The molecule has 156 valence electrons. The van der Waals surface area contributed by atoms with Crippen LogP contribution in [0.4, 0.5) is 0 Å². The Labute approximate surface area is 197 Å². The number of guanidine groups is 1. The minimum atomic E-state index is -0.939. The fourth-order valence-corrected chi connectivity index (χ4v) is 4.48. The molecule has 1 unspecified atom stereocenters. The zero-order valence-electron chi connectivity index (χ0n) is 16.8. The van der Waals surface area contributed by atoms with Gasteiger partial charge in [0.2, 0.25) is 0 Å². The van der Waals surface area contributed by atoms with E-state index in [1.165, 1.54) is 0 Å². The highest BCUT2D eigenvalue weighted by atomic mass is 127. The Kier molecular flexibility index (Phi) is 9.06. The Bertz CT molecular complexity index is 908. The third kappa shape index (κ3) is 6.50. The van der Waals surface area contributed by atoms with Crippen LogP contribution in [0.3, 0.4) is 0 Å². The highest BCUT2D eigenvalue weighted by molar-refractivity contribution is 14.0. The summed E-state index contributed by atoms with van der Waals surface area (Å²) in [6, 6.07) is 14.1. The molecule has 0 bridgehead atoms. The number of thiophene rings is 1. The lowest BCUT2D eigenvalue weighted by Crippen LogP contribution is -2.44. The van der Waals surface area contributed by atoms with Crippen LogP contribution in [0, 0.1) is 6.92 Å². The number of halogens is 1. The fourth-order valence-electron chi connectivity index (χ4n) is 2.70. The summed E-state index contributed by atoms with van der Waals surface area (Å²) in [6.45, 7) is 7.55. The number of nitrogens with zero attached hydrogens (tertiary/aromatic N) is 2. The minimum Gasteiger partial charge on any atom is -0.383 e. The zero-order valence-corrected chi connectivity index (χ0v) is 20.8. The second-order valence-corrected chi connectivity index (χ2v) is 8.72. The smallest absolute Gasteiger partial charge is 0.191 e. The van der Waals surface area contributed by atoms with Crippen LogP contribution in [-0.4, -0.2) is 29.1 Å². The summed E-state index contributed by atoms with van der Waals surface area (Å²) >= 11 is 3.22. The summed E-state index contributed by atoms with van der Waals surface area (Å²) < 4.78 is 0. The summed E-state index contributed by atoms with van der Waals surface area (Å²) in [4.78, 5) is 11.5. The molecule has 1 atom stereocenters. The first-order chi connectivity index (χ1) is 13.5. The maximum absolute atomic E-state index is 10.7. The predicted molar refractivity (Wildman–Crippen MR) is 134 cm³/mol. The molecule has 0 saturated heterocycles. The molecule has 0 spiro atoms. The van der Waals surface area contributed by atoms with E-state index in [4.69, 9.17) is 9.98 Å². The average molecular weight is 543 g/mol. The largest absolute Gasteiger partial charge is 0.383 e. The van der Waals surface area contributed by atoms with Crippen molar-refractivity contribution < 1.29 is 5.11 Å². The van der Waals surface area contributed by atoms with Crippen LogP contribution in [-0.2, 0) is 12.1 Å². The van der Waals surface area contributed by atoms with Gasteiger partial charge in [0, 0.05) is 21.9 Å². The SMILES string of the molecule is CCNC(=NCc1sc(-c2ccccc2)nc1C)NCC(C)(O)c1cccs1.I. The standard InChI is InChI=1S/C21H26N4OS2.HI/c1-4-22-20(24-14-21(3,26)18-11-8-12-27-18)23-13-17-15(2)25-19(28-17)16-9-6-5-7-10-16;/h5-12,26H,4,13-14H2,1-3H3,(H2,22,23,24);1H. The van der Waals surface area contributed by atoms with Crippen molar-refractivity contribution in [3.05, 3.63) is 63.3 Å². The first-order valence-electron chi connectivity index (χ1n) is 9.30. The van der Waals surface area contributed by atoms with Crippen molar-refractivity contribution in [3.8, 4) is 10.6 Å². The topological polar surface area (TPSA) is 69.5 Å². The van der Waals surface area contributed by atoms with Gasteiger partial charge < -0.3 is 15.7 Å². The second kappa shape index (κ2) is 11.1. The van der Waals surface area contributed by atoms with Gasteiger partial charge in [-0.2, -0.15) is 0 Å². The van der Waals surface area contributed by atoms with E-state index in [1.54, 1.807) is 22.7 Å². The van der Waals surface area contributed by atoms with E-state index in [2.05, 4.69) is 22.8 Å². The molecular weight excluding hydrogens is 515 g/mol. The van der Waals surface area contributed by atoms with Gasteiger partial charge in [-0.05, 0) is 32.2 Å². The van der Waals surface area contributed by atoms with Crippen molar-refractivity contribution in [2.24, 2.45) is 4.99 Å². The number of benzene rings is 1. The number of rotatable bonds is 7. The third-order valence-corrected chi connectivity index (χ3v) is 6.60. The Morgan fingerprint density at radius 2 is 1.93 bits per heavy atom. The van der Waals surface area contributed by atoms with Gasteiger partial charge in [-0.1, -0.05) is 36.4 Å². The van der Waals surface area contributed by atoms with Crippen LogP contribution in [0.2, 0.25) is 0 Å². The summed E-state index contributed by atoms with van der Waals surface area (Å²) in [6.07, 6.45) is 0. The van der Waals surface area contributed by atoms with E-state index < -0.39 is 5.60 Å². The third-order valence-electron chi connectivity index (χ3n) is 4.29. The van der Waals surface area contributed by atoms with Crippen molar-refractivity contribution in [2.45, 2.75) is 32.9 Å². The van der Waals surface area contributed by atoms with Gasteiger partial charge >= 0.3 is 0 Å². The quantitative estimate of drug-likeness (QED) is 0.229. The number of aromatic nitrogens is 1. The molecular formula is C21H27IN4OS2. The molecule has 0 saturated carbocycles. The van der Waals surface area contributed by atoms with E-state index in [-0.39, 0.29) is 24.0 Å². The number of aliphatic imine (C=N–C) groups is 1. The molecule has 29 heavy (non-hydrogen) atoms. The number of hydrogen-bond donors (Lipinski definition) is 3. The van der Waals surface area contributed by atoms with Crippen LogP contribution < -0.4 is 10.6 Å². The average Bonchev–Trinajstić information content (AvgIpc) is 3.35. The molecule has 2 heterocycles. The highest BCUT2D eigenvalue weighted by Gasteiger charge is 2.24. The lowest BCUT2D eigenvalue weighted by Gasteiger charge is -2.23. The molecule has 0 radical (unpaired) electrons. The van der Waals surface area contributed by atoms with Crippen molar-refractivity contribution in [1.29, 1.82) is 0 Å². The molecule has 8 heteroatoms. The molecule has 3 aromatic rings. The molecule has 0 fully saturated rings. The van der Waals surface area contributed by atoms with Crippen LogP contribution in [0.1, 0.15) is 29.3 Å². The number of aryl methyl sites for hydroxylation is 1. The summed E-state index contributed by atoms with van der Waals surface area (Å²) in [7, 11) is 0. The Morgan fingerprint density at radius 1 is 1.17 bits per heavy atom. The molecule has 0 aliphatic carbocycles. The van der Waals surface area contributed by atoms with Crippen LogP contribution in [0.25, 0.3) is 10.6 Å². The Balaban J connectivity index is 0.00000300. The number of hydrogen-bond acceptors (Lipinski definition) is 5. The van der Waals surface area contributed by atoms with E-state index in [0.717, 1.165) is 32.6 Å². The number of thiazole rings is 1. The van der Waals surface area contributed by atoms with E-state index in [1.807, 2.05) is 56.5 Å². The second-order valence-electron chi connectivity index (χ2n) is 6.69. The molecule has 5 nitrogen and oxygen atoms in total. The predicted octanol–water partition coefficient (Wildman–Crippen LogP) is 4.76. The van der Waals surface area contributed by atoms with E-state index >= 15 is 0 Å². The highest BCUT2D eigenvalue weighted by Crippen LogP contribution is 2.28. The van der Waals surface area contributed by atoms with Crippen molar-refractivity contribution >= 4 is 52.6 Å². The maximum atomic E-state index is 10.7.